The van der Waals surface area contributed by atoms with E-state index in [2.05, 4.69) is 20.6 Å². The molecule has 2 amide bonds. The van der Waals surface area contributed by atoms with Gasteiger partial charge in [0.05, 0.1) is 16.3 Å². The second-order valence-corrected chi connectivity index (χ2v) is 9.34. The number of fused-ring (bicyclic) bond motifs is 1. The van der Waals surface area contributed by atoms with E-state index in [4.69, 9.17) is 16.3 Å². The maximum atomic E-state index is 14.9. The second kappa shape index (κ2) is 11.5. The van der Waals surface area contributed by atoms with Gasteiger partial charge in [-0.05, 0) is 54.6 Å². The lowest BCUT2D eigenvalue weighted by atomic mass is 10.1. The van der Waals surface area contributed by atoms with E-state index in [1.165, 1.54) is 49.8 Å². The van der Waals surface area contributed by atoms with Gasteiger partial charge in [-0.15, -0.1) is 0 Å². The molecule has 5 aromatic rings. The molecule has 2 N–H and O–H groups in total. The molecule has 0 atom stereocenters. The fraction of sp³-hybridized carbons (Fsp3) is 0.0690. The van der Waals surface area contributed by atoms with E-state index >= 15 is 0 Å². The van der Waals surface area contributed by atoms with Crippen LogP contribution in [0, 0.1) is 5.82 Å². The van der Waals surface area contributed by atoms with Crippen LogP contribution in [0.2, 0.25) is 5.02 Å². The normalized spacial score (nSPS) is 11.3. The highest BCUT2D eigenvalue weighted by Crippen LogP contribution is 2.34. The highest BCUT2D eigenvalue weighted by molar-refractivity contribution is 6.32. The number of alkyl halides is 3. The van der Waals surface area contributed by atoms with Crippen LogP contribution in [0.3, 0.4) is 0 Å². The van der Waals surface area contributed by atoms with Crippen molar-refractivity contribution < 1.29 is 31.9 Å². The lowest BCUT2D eigenvalue weighted by molar-refractivity contribution is -0.137. The van der Waals surface area contributed by atoms with Crippen LogP contribution < -0.4 is 20.9 Å². The van der Waals surface area contributed by atoms with Gasteiger partial charge in [0, 0.05) is 42.6 Å². The lowest BCUT2D eigenvalue weighted by Gasteiger charge is -2.15. The molecule has 0 saturated heterocycles. The molecule has 0 fully saturated rings. The molecule has 43 heavy (non-hydrogen) atoms. The smallest absolute Gasteiger partial charge is 0.416 e. The summed E-state index contributed by atoms with van der Waals surface area (Å²) >= 11 is 6.16. The van der Waals surface area contributed by atoms with Crippen LogP contribution in [0.1, 0.15) is 26.4 Å². The van der Waals surface area contributed by atoms with E-state index in [-0.39, 0.29) is 34.2 Å². The Balaban J connectivity index is 1.46. The number of halogens is 5. The van der Waals surface area contributed by atoms with E-state index in [0.717, 1.165) is 22.8 Å². The third kappa shape index (κ3) is 6.02. The molecule has 0 saturated carbocycles. The van der Waals surface area contributed by atoms with E-state index in [9.17, 15) is 31.9 Å². The van der Waals surface area contributed by atoms with Gasteiger partial charge in [-0.25, -0.2) is 9.37 Å². The van der Waals surface area contributed by atoms with E-state index in [1.54, 1.807) is 12.1 Å². The van der Waals surface area contributed by atoms with Gasteiger partial charge in [0.1, 0.15) is 22.7 Å². The summed E-state index contributed by atoms with van der Waals surface area (Å²) in [6.45, 7) is 0. The fourth-order valence-electron chi connectivity index (χ4n) is 4.11. The van der Waals surface area contributed by atoms with Gasteiger partial charge in [-0.2, -0.15) is 13.2 Å². The Hall–Kier alpha value is -5.30. The summed E-state index contributed by atoms with van der Waals surface area (Å²) in [5.74, 6) is -2.34. The molecule has 14 heteroatoms. The molecule has 0 aliphatic rings. The number of benzene rings is 2. The Morgan fingerprint density at radius 1 is 0.953 bits per heavy atom. The average Bonchev–Trinajstić information content (AvgIpc) is 2.98. The topological polar surface area (TPSA) is 115 Å². The van der Waals surface area contributed by atoms with E-state index in [0.29, 0.717) is 11.5 Å². The largest absolute Gasteiger partial charge is 0.454 e. The number of anilines is 1. The monoisotopic (exact) mass is 611 g/mol. The number of aromatic nitrogens is 3. The van der Waals surface area contributed by atoms with Crippen LogP contribution in [-0.4, -0.2) is 33.4 Å². The zero-order valence-electron chi connectivity index (χ0n) is 21.9. The molecule has 0 radical (unpaired) electrons. The minimum Gasteiger partial charge on any atom is -0.454 e. The molecule has 9 nitrogen and oxygen atoms in total. The van der Waals surface area contributed by atoms with Gasteiger partial charge in [-0.3, -0.25) is 23.9 Å². The van der Waals surface area contributed by atoms with Crippen molar-refractivity contribution in [3.8, 4) is 17.2 Å². The third-order valence-corrected chi connectivity index (χ3v) is 6.43. The molecule has 0 aliphatic carbocycles. The molecule has 0 unspecified atom stereocenters. The lowest BCUT2D eigenvalue weighted by Crippen LogP contribution is -2.29. The number of ether oxygens (including phenoxy) is 1. The molecular formula is C29H18ClF4N5O4. The van der Waals surface area contributed by atoms with Crippen molar-refractivity contribution >= 4 is 40.1 Å². The average molecular weight is 612 g/mol. The van der Waals surface area contributed by atoms with Crippen LogP contribution in [0.5, 0.6) is 11.5 Å². The first-order valence-corrected chi connectivity index (χ1v) is 12.7. The van der Waals surface area contributed by atoms with Gasteiger partial charge < -0.3 is 15.4 Å². The second-order valence-electron chi connectivity index (χ2n) is 8.94. The molecule has 2 aromatic carbocycles. The van der Waals surface area contributed by atoms with Crippen LogP contribution in [0.4, 0.5) is 23.2 Å². The summed E-state index contributed by atoms with van der Waals surface area (Å²) in [5, 5.41) is 4.77. The number of carbonyl (C=O) groups is 2. The first-order chi connectivity index (χ1) is 20.5. The molecule has 3 heterocycles. The van der Waals surface area contributed by atoms with Crippen LogP contribution in [0.25, 0.3) is 16.7 Å². The van der Waals surface area contributed by atoms with Crippen molar-refractivity contribution in [3.63, 3.8) is 0 Å². The Kier molecular flexibility index (Phi) is 7.83. The SMILES string of the molecule is CNC(=O)c1cc(Oc2ccc(NC(=O)c3cc4cccnc4n(-c4ccc(C(F)(F)F)cc4Cl)c3=O)cc2F)ccn1. The van der Waals surface area contributed by atoms with Gasteiger partial charge in [-0.1, -0.05) is 11.6 Å². The molecule has 3 aromatic heterocycles. The quantitative estimate of drug-likeness (QED) is 0.228. The molecular weight excluding hydrogens is 594 g/mol. The molecule has 218 valence electrons. The highest BCUT2D eigenvalue weighted by Gasteiger charge is 2.31. The Morgan fingerprint density at radius 3 is 2.44 bits per heavy atom. The summed E-state index contributed by atoms with van der Waals surface area (Å²) in [7, 11) is 1.43. The van der Waals surface area contributed by atoms with Crippen molar-refractivity contribution in [3.05, 3.63) is 117 Å². The van der Waals surface area contributed by atoms with Gasteiger partial charge in [0.25, 0.3) is 17.4 Å². The van der Waals surface area contributed by atoms with Crippen molar-refractivity contribution in [2.45, 2.75) is 6.18 Å². The summed E-state index contributed by atoms with van der Waals surface area (Å²) in [5.41, 5.74) is -2.40. The van der Waals surface area contributed by atoms with Crippen molar-refractivity contribution in [2.24, 2.45) is 0 Å². The van der Waals surface area contributed by atoms with E-state index in [1.807, 2.05) is 0 Å². The molecule has 0 aliphatic heterocycles. The summed E-state index contributed by atoms with van der Waals surface area (Å²) < 4.78 is 60.9. The van der Waals surface area contributed by atoms with E-state index < -0.39 is 45.5 Å². The minimum absolute atomic E-state index is 0.0274. The maximum absolute atomic E-state index is 14.9. The Bertz CT molecular complexity index is 1960. The third-order valence-electron chi connectivity index (χ3n) is 6.13. The van der Waals surface area contributed by atoms with Crippen molar-refractivity contribution in [1.29, 1.82) is 0 Å². The van der Waals surface area contributed by atoms with Crippen molar-refractivity contribution in [2.75, 3.05) is 12.4 Å². The number of carbonyl (C=O) groups excluding carboxylic acids is 2. The summed E-state index contributed by atoms with van der Waals surface area (Å²) in [6, 6.07) is 13.0. The summed E-state index contributed by atoms with van der Waals surface area (Å²) in [4.78, 5) is 46.6. The predicted octanol–water partition coefficient (Wildman–Crippen LogP) is 6.00. The number of rotatable bonds is 6. The number of amides is 2. The zero-order valence-corrected chi connectivity index (χ0v) is 22.6. The van der Waals surface area contributed by atoms with Gasteiger partial charge in [0.15, 0.2) is 11.6 Å². The number of hydrogen-bond acceptors (Lipinski definition) is 6. The Labute approximate surface area is 244 Å². The number of nitrogens with zero attached hydrogens (tertiary/aromatic N) is 3. The van der Waals surface area contributed by atoms with Crippen LogP contribution in [-0.2, 0) is 6.18 Å². The van der Waals surface area contributed by atoms with Crippen molar-refractivity contribution in [1.82, 2.24) is 19.9 Å². The maximum Gasteiger partial charge on any atom is 0.416 e. The molecule has 0 bridgehead atoms. The van der Waals surface area contributed by atoms with Gasteiger partial charge >= 0.3 is 6.18 Å². The van der Waals surface area contributed by atoms with Crippen LogP contribution in [0.15, 0.2) is 83.9 Å². The highest BCUT2D eigenvalue weighted by atomic mass is 35.5. The number of nitrogens with one attached hydrogen (secondary N) is 2. The first-order valence-electron chi connectivity index (χ1n) is 12.3. The first kappa shape index (κ1) is 29.2. The molecule has 0 spiro atoms. The summed E-state index contributed by atoms with van der Waals surface area (Å²) in [6.07, 6.45) is -1.98. The predicted molar refractivity (Wildman–Crippen MR) is 149 cm³/mol. The number of pyridine rings is 3. The van der Waals surface area contributed by atoms with Crippen LogP contribution >= 0.6 is 11.6 Å². The minimum atomic E-state index is -4.67. The number of hydrogen-bond donors (Lipinski definition) is 2. The Morgan fingerprint density at radius 2 is 1.74 bits per heavy atom. The zero-order chi connectivity index (χ0) is 30.9. The standard InChI is InChI=1S/C29H18ClF4N5O4/c1-35-27(41)22-14-18(8-10-36-22)43-24-7-5-17(13-21(24)31)38-26(40)19-11-15-3-2-9-37-25(15)39(28(19)42)23-6-4-16(12-20(23)30)29(32,33)34/h2-14H,1H3,(H,35,41)(H,38,40). The molecule has 5 rings (SSSR count). The van der Waals surface area contributed by atoms with Gasteiger partial charge in [0.2, 0.25) is 0 Å². The fourth-order valence-corrected chi connectivity index (χ4v) is 4.37.